The summed E-state index contributed by atoms with van der Waals surface area (Å²) >= 11 is 11.5. The molecule has 0 aliphatic heterocycles. The molecule has 0 aromatic heterocycles. The molecule has 0 aliphatic carbocycles. The van der Waals surface area contributed by atoms with E-state index in [1.165, 1.54) is 6.21 Å². The molecular formula is C16H24ClN2O5PS. The Labute approximate surface area is 164 Å². The van der Waals surface area contributed by atoms with E-state index in [0.29, 0.717) is 36.1 Å². The largest absolute Gasteiger partial charge is 0.433 e. The number of benzene rings is 1. The maximum atomic E-state index is 11.4. The second-order valence-electron chi connectivity index (χ2n) is 4.96. The second kappa shape index (κ2) is 12.3. The molecule has 0 heterocycles. The number of nitrogens with zero attached hydrogens (tertiary/aromatic N) is 1. The van der Waals surface area contributed by atoms with Crippen LogP contribution in [0.2, 0.25) is 5.02 Å². The Morgan fingerprint density at radius 3 is 2.58 bits per heavy atom. The minimum absolute atomic E-state index is 0.315. The summed E-state index contributed by atoms with van der Waals surface area (Å²) in [5, 5.41) is 6.52. The van der Waals surface area contributed by atoms with E-state index in [9.17, 15) is 4.79 Å². The normalized spacial score (nSPS) is 11.5. The summed E-state index contributed by atoms with van der Waals surface area (Å²) in [4.78, 5) is 16.1. The van der Waals surface area contributed by atoms with Gasteiger partial charge in [-0.3, -0.25) is 13.9 Å². The van der Waals surface area contributed by atoms with Crippen molar-refractivity contribution in [3.63, 3.8) is 0 Å². The van der Waals surface area contributed by atoms with Crippen LogP contribution in [0.4, 0.5) is 4.79 Å². The van der Waals surface area contributed by atoms with Crippen molar-refractivity contribution in [1.82, 2.24) is 5.32 Å². The molecule has 1 N–H and O–H groups in total. The van der Waals surface area contributed by atoms with E-state index in [2.05, 4.69) is 10.5 Å². The number of hydrogen-bond acceptors (Lipinski definition) is 7. The van der Waals surface area contributed by atoms with Gasteiger partial charge in [-0.05, 0) is 44.0 Å². The maximum absolute atomic E-state index is 11.4. The monoisotopic (exact) mass is 422 g/mol. The third kappa shape index (κ3) is 8.47. The highest BCUT2D eigenvalue weighted by molar-refractivity contribution is 8.07. The van der Waals surface area contributed by atoms with Crippen LogP contribution in [0, 0.1) is 0 Å². The highest BCUT2D eigenvalue weighted by Gasteiger charge is 2.22. The van der Waals surface area contributed by atoms with Crippen LogP contribution in [0.15, 0.2) is 23.4 Å². The summed E-state index contributed by atoms with van der Waals surface area (Å²) < 4.78 is 16.5. The lowest BCUT2D eigenvalue weighted by Gasteiger charge is -2.21. The molecule has 1 amide bonds. The lowest BCUT2D eigenvalue weighted by molar-refractivity contribution is 0.151. The van der Waals surface area contributed by atoms with E-state index in [1.54, 1.807) is 18.2 Å². The Morgan fingerprint density at radius 2 is 2.00 bits per heavy atom. The zero-order valence-corrected chi connectivity index (χ0v) is 17.5. The molecule has 7 nitrogen and oxygen atoms in total. The first-order valence-corrected chi connectivity index (χ1v) is 11.2. The molecule has 10 heteroatoms. The molecular weight excluding hydrogens is 399 g/mol. The van der Waals surface area contributed by atoms with Crippen molar-refractivity contribution in [2.24, 2.45) is 5.16 Å². The predicted molar refractivity (Wildman–Crippen MR) is 107 cm³/mol. The number of amides is 1. The van der Waals surface area contributed by atoms with Crippen LogP contribution < -0.4 is 9.84 Å². The van der Waals surface area contributed by atoms with Gasteiger partial charge in [0, 0.05) is 18.4 Å². The van der Waals surface area contributed by atoms with E-state index in [1.807, 2.05) is 20.8 Å². The first kappa shape index (κ1) is 22.9. The van der Waals surface area contributed by atoms with Gasteiger partial charge in [0.1, 0.15) is 5.75 Å². The van der Waals surface area contributed by atoms with Gasteiger partial charge in [0.05, 0.1) is 24.5 Å². The number of hydrogen-bond donors (Lipinski definition) is 1. The molecule has 0 saturated heterocycles. The minimum atomic E-state index is -2.89. The van der Waals surface area contributed by atoms with Gasteiger partial charge in [0.2, 0.25) is 0 Å². The first-order valence-electron chi connectivity index (χ1n) is 8.30. The molecule has 0 bridgehead atoms. The number of unbranched alkanes of at least 4 members (excludes halogenated alkanes) is 1. The average Bonchev–Trinajstić information content (AvgIpc) is 2.58. The van der Waals surface area contributed by atoms with Crippen LogP contribution in [0.3, 0.4) is 0 Å². The van der Waals surface area contributed by atoms with Gasteiger partial charge in [-0.15, -0.1) is 0 Å². The molecule has 26 heavy (non-hydrogen) atoms. The molecule has 0 atom stereocenters. The number of carbonyl (C=O) groups excluding carboxylic acids is 1. The predicted octanol–water partition coefficient (Wildman–Crippen LogP) is 4.88. The Balaban J connectivity index is 2.67. The van der Waals surface area contributed by atoms with Crippen LogP contribution in [0.25, 0.3) is 0 Å². The number of rotatable bonds is 11. The third-order valence-corrected chi connectivity index (χ3v) is 5.60. The van der Waals surface area contributed by atoms with Crippen molar-refractivity contribution in [1.29, 1.82) is 0 Å². The highest BCUT2D eigenvalue weighted by Crippen LogP contribution is 2.51. The zero-order chi connectivity index (χ0) is 19.4. The molecule has 0 aliphatic rings. The Hall–Kier alpha value is -1.18. The minimum Gasteiger partial charge on any atom is -0.423 e. The third-order valence-electron chi connectivity index (χ3n) is 2.88. The lowest BCUT2D eigenvalue weighted by Crippen LogP contribution is -2.23. The molecule has 0 spiro atoms. The summed E-state index contributed by atoms with van der Waals surface area (Å²) in [6, 6.07) is 4.93. The van der Waals surface area contributed by atoms with Crippen LogP contribution in [-0.2, 0) is 25.7 Å². The molecule has 146 valence electrons. The zero-order valence-electron chi connectivity index (χ0n) is 15.1. The van der Waals surface area contributed by atoms with Crippen molar-refractivity contribution in [2.45, 2.75) is 33.6 Å². The Morgan fingerprint density at radius 1 is 1.31 bits per heavy atom. The summed E-state index contributed by atoms with van der Waals surface area (Å²) in [7, 11) is 0. The molecule has 0 radical (unpaired) electrons. The molecule has 1 rings (SSSR count). The fourth-order valence-electron chi connectivity index (χ4n) is 1.73. The van der Waals surface area contributed by atoms with E-state index in [0.717, 1.165) is 12.8 Å². The van der Waals surface area contributed by atoms with Crippen LogP contribution in [-0.4, -0.2) is 32.1 Å². The molecule has 1 aromatic carbocycles. The molecule has 0 unspecified atom stereocenters. The number of halogens is 1. The fourth-order valence-corrected chi connectivity index (χ4v) is 4.10. The van der Waals surface area contributed by atoms with E-state index in [4.69, 9.17) is 41.8 Å². The van der Waals surface area contributed by atoms with Crippen molar-refractivity contribution in [3.8, 4) is 5.75 Å². The van der Waals surface area contributed by atoms with Gasteiger partial charge in [-0.2, -0.15) is 0 Å². The van der Waals surface area contributed by atoms with Crippen LogP contribution in [0.1, 0.15) is 39.2 Å². The SMILES string of the molecule is CCCCNC(=O)O/N=C\c1ccc(OP(=S)(OCC)OCC)c(Cl)c1. The van der Waals surface area contributed by atoms with Gasteiger partial charge in [0.25, 0.3) is 0 Å². The fraction of sp³-hybridized carbons (Fsp3) is 0.500. The van der Waals surface area contributed by atoms with E-state index >= 15 is 0 Å². The Bertz CT molecular complexity index is 650. The summed E-state index contributed by atoms with van der Waals surface area (Å²) in [5.74, 6) is 0.354. The second-order valence-corrected chi connectivity index (χ2v) is 8.30. The summed E-state index contributed by atoms with van der Waals surface area (Å²) in [6.45, 7) is 4.05. The Kier molecular flexibility index (Phi) is 10.8. The highest BCUT2D eigenvalue weighted by atomic mass is 35.5. The van der Waals surface area contributed by atoms with E-state index < -0.39 is 12.8 Å². The lowest BCUT2D eigenvalue weighted by atomic mass is 10.2. The van der Waals surface area contributed by atoms with Crippen molar-refractivity contribution < 1.29 is 23.2 Å². The molecule has 1 aromatic rings. The number of nitrogens with one attached hydrogen (secondary N) is 1. The average molecular weight is 423 g/mol. The van der Waals surface area contributed by atoms with Crippen molar-refractivity contribution in [3.05, 3.63) is 28.8 Å². The van der Waals surface area contributed by atoms with E-state index in [-0.39, 0.29) is 0 Å². The molecule has 0 saturated carbocycles. The van der Waals surface area contributed by atoms with Crippen molar-refractivity contribution >= 4 is 42.4 Å². The van der Waals surface area contributed by atoms with Gasteiger partial charge in [-0.25, -0.2) is 4.79 Å². The maximum Gasteiger partial charge on any atom is 0.433 e. The smallest absolute Gasteiger partial charge is 0.423 e. The number of carbonyl (C=O) groups is 1. The summed E-state index contributed by atoms with van der Waals surface area (Å²) in [6.07, 6.45) is 2.63. The van der Waals surface area contributed by atoms with Gasteiger partial charge in [0.15, 0.2) is 0 Å². The van der Waals surface area contributed by atoms with Gasteiger partial charge >= 0.3 is 12.8 Å². The summed E-state index contributed by atoms with van der Waals surface area (Å²) in [5.41, 5.74) is 0.629. The van der Waals surface area contributed by atoms with Gasteiger partial charge in [-0.1, -0.05) is 30.1 Å². The topological polar surface area (TPSA) is 78.4 Å². The van der Waals surface area contributed by atoms with Crippen molar-refractivity contribution in [2.75, 3.05) is 19.8 Å². The van der Waals surface area contributed by atoms with Crippen LogP contribution in [0.5, 0.6) is 5.75 Å². The van der Waals surface area contributed by atoms with Crippen LogP contribution >= 0.6 is 18.3 Å². The number of oxime groups is 1. The quantitative estimate of drug-likeness (QED) is 0.180. The van der Waals surface area contributed by atoms with Gasteiger partial charge < -0.3 is 9.84 Å². The molecule has 0 fully saturated rings. The first-order chi connectivity index (χ1) is 12.4. The standard InChI is InChI=1S/C16H24ClN2O5PS/c1-4-7-10-18-16(20)23-19-12-13-8-9-15(14(17)11-13)24-25(26,21-5-2)22-6-3/h8-9,11-12H,4-7,10H2,1-3H3,(H,18,20)/b19-12-.